The highest BCUT2D eigenvalue weighted by Gasteiger charge is 2.14. The topological polar surface area (TPSA) is 52.5 Å². The third-order valence-corrected chi connectivity index (χ3v) is 3.63. The Morgan fingerprint density at radius 1 is 1.29 bits per heavy atom. The molecule has 2 N–H and O–H groups in total. The van der Waals surface area contributed by atoms with E-state index in [1.54, 1.807) is 7.11 Å². The van der Waals surface area contributed by atoms with Gasteiger partial charge in [0.05, 0.1) is 23.5 Å². The summed E-state index contributed by atoms with van der Waals surface area (Å²) in [6.07, 6.45) is 2.60. The Kier molecular flexibility index (Phi) is 3.82. The monoisotopic (exact) mass is 301 g/mol. The molecule has 3 rings (SSSR count). The molecular formula is C16H16ClN3O. The van der Waals surface area contributed by atoms with Crippen molar-refractivity contribution in [3.8, 4) is 17.0 Å². The molecule has 0 unspecified atom stereocenters. The number of methoxy groups -OCH3 is 1. The van der Waals surface area contributed by atoms with Gasteiger partial charge >= 0.3 is 0 Å². The van der Waals surface area contributed by atoms with Gasteiger partial charge in [0.1, 0.15) is 11.4 Å². The van der Waals surface area contributed by atoms with E-state index >= 15 is 0 Å². The van der Waals surface area contributed by atoms with Gasteiger partial charge in [0.2, 0.25) is 0 Å². The van der Waals surface area contributed by atoms with E-state index in [0.717, 1.165) is 34.8 Å². The summed E-state index contributed by atoms with van der Waals surface area (Å²) in [5.74, 6) is 0.807. The molecule has 2 heterocycles. The molecule has 0 saturated heterocycles. The molecule has 4 nitrogen and oxygen atoms in total. The minimum absolute atomic E-state index is 0.553. The van der Waals surface area contributed by atoms with Crippen LogP contribution in [0.4, 0.5) is 0 Å². The van der Waals surface area contributed by atoms with Crippen molar-refractivity contribution >= 4 is 17.2 Å². The summed E-state index contributed by atoms with van der Waals surface area (Å²) in [4.78, 5) is 4.71. The van der Waals surface area contributed by atoms with Crippen LogP contribution in [-0.2, 0) is 6.42 Å². The Bertz CT molecular complexity index is 782. The van der Waals surface area contributed by atoms with Gasteiger partial charge in [-0.25, -0.2) is 4.98 Å². The molecule has 0 spiro atoms. The number of pyridine rings is 1. The number of ether oxygens (including phenoxy) is 1. The second kappa shape index (κ2) is 5.76. The third kappa shape index (κ3) is 2.60. The Balaban J connectivity index is 2.22. The molecule has 0 aliphatic heterocycles. The van der Waals surface area contributed by atoms with Crippen molar-refractivity contribution in [1.82, 2.24) is 9.38 Å². The number of benzene rings is 1. The second-order valence-corrected chi connectivity index (χ2v) is 5.19. The summed E-state index contributed by atoms with van der Waals surface area (Å²) in [5.41, 5.74) is 9.60. The maximum Gasteiger partial charge on any atom is 0.137 e. The maximum atomic E-state index is 6.09. The average molecular weight is 302 g/mol. The molecule has 0 aliphatic carbocycles. The number of nitrogens with zero attached hydrogens (tertiary/aromatic N) is 2. The van der Waals surface area contributed by atoms with E-state index in [-0.39, 0.29) is 0 Å². The number of halogens is 1. The van der Waals surface area contributed by atoms with E-state index in [0.29, 0.717) is 11.6 Å². The minimum Gasteiger partial charge on any atom is -0.497 e. The molecule has 0 saturated carbocycles. The van der Waals surface area contributed by atoms with Crippen LogP contribution in [0.2, 0.25) is 5.02 Å². The van der Waals surface area contributed by atoms with Crippen molar-refractivity contribution in [3.63, 3.8) is 0 Å². The average Bonchev–Trinajstić information content (AvgIpc) is 2.86. The van der Waals surface area contributed by atoms with E-state index in [9.17, 15) is 0 Å². The van der Waals surface area contributed by atoms with E-state index < -0.39 is 0 Å². The van der Waals surface area contributed by atoms with Crippen molar-refractivity contribution in [1.29, 1.82) is 0 Å². The molecule has 0 aliphatic rings. The fourth-order valence-electron chi connectivity index (χ4n) is 2.44. The number of hydrogen-bond donors (Lipinski definition) is 1. The molecule has 3 aromatic rings. The Hall–Kier alpha value is -2.04. The highest BCUT2D eigenvalue weighted by Crippen LogP contribution is 2.28. The first kappa shape index (κ1) is 13.9. The molecule has 0 atom stereocenters. The molecule has 108 valence electrons. The van der Waals surface area contributed by atoms with Crippen LogP contribution in [0.5, 0.6) is 5.75 Å². The van der Waals surface area contributed by atoms with Crippen LogP contribution in [0.1, 0.15) is 5.69 Å². The van der Waals surface area contributed by atoms with Crippen LogP contribution in [0.3, 0.4) is 0 Å². The van der Waals surface area contributed by atoms with E-state index in [1.165, 1.54) is 0 Å². The standard InChI is InChI=1S/C16H16ClN3O/c1-21-13-4-2-3-11(9-13)16-14(7-8-18)20-10-12(17)5-6-15(20)19-16/h2-6,9-10H,7-8,18H2,1H3. The summed E-state index contributed by atoms with van der Waals surface area (Å²) in [5, 5.41) is 0.676. The fraction of sp³-hybridized carbons (Fsp3) is 0.188. The summed E-state index contributed by atoms with van der Waals surface area (Å²) in [6.45, 7) is 0.553. The normalized spacial score (nSPS) is 11.0. The highest BCUT2D eigenvalue weighted by atomic mass is 35.5. The quantitative estimate of drug-likeness (QED) is 0.805. The van der Waals surface area contributed by atoms with Gasteiger partial charge in [0.25, 0.3) is 0 Å². The van der Waals surface area contributed by atoms with Crippen LogP contribution in [0, 0.1) is 0 Å². The molecular weight excluding hydrogens is 286 g/mol. The van der Waals surface area contributed by atoms with Gasteiger partial charge in [-0.3, -0.25) is 0 Å². The van der Waals surface area contributed by atoms with Gasteiger partial charge in [-0.15, -0.1) is 0 Å². The number of fused-ring (bicyclic) bond motifs is 1. The zero-order valence-corrected chi connectivity index (χ0v) is 12.5. The Morgan fingerprint density at radius 2 is 2.14 bits per heavy atom. The molecule has 0 bridgehead atoms. The maximum absolute atomic E-state index is 6.09. The molecule has 0 amide bonds. The van der Waals surface area contributed by atoms with Crippen molar-refractivity contribution in [3.05, 3.63) is 53.3 Å². The van der Waals surface area contributed by atoms with Crippen molar-refractivity contribution in [2.45, 2.75) is 6.42 Å². The van der Waals surface area contributed by atoms with Gasteiger partial charge in [-0.05, 0) is 30.8 Å². The number of aromatic nitrogens is 2. The highest BCUT2D eigenvalue weighted by molar-refractivity contribution is 6.30. The largest absolute Gasteiger partial charge is 0.497 e. The van der Waals surface area contributed by atoms with E-state index in [4.69, 9.17) is 27.1 Å². The molecule has 0 radical (unpaired) electrons. The lowest BCUT2D eigenvalue weighted by molar-refractivity contribution is 0.415. The fourth-order valence-corrected chi connectivity index (χ4v) is 2.61. The summed E-state index contributed by atoms with van der Waals surface area (Å²) in [7, 11) is 1.66. The SMILES string of the molecule is COc1cccc(-c2nc3ccc(Cl)cn3c2CCN)c1. The van der Waals surface area contributed by atoms with Crippen molar-refractivity contribution in [2.24, 2.45) is 5.73 Å². The Morgan fingerprint density at radius 3 is 2.90 bits per heavy atom. The summed E-state index contributed by atoms with van der Waals surface area (Å²) < 4.78 is 7.29. The van der Waals surface area contributed by atoms with Crippen LogP contribution in [0.15, 0.2) is 42.6 Å². The molecule has 1 aromatic carbocycles. The number of rotatable bonds is 4. The first-order valence-corrected chi connectivity index (χ1v) is 7.11. The lowest BCUT2D eigenvalue weighted by atomic mass is 10.1. The van der Waals surface area contributed by atoms with Crippen molar-refractivity contribution in [2.75, 3.05) is 13.7 Å². The first-order chi connectivity index (χ1) is 10.2. The zero-order valence-electron chi connectivity index (χ0n) is 11.7. The first-order valence-electron chi connectivity index (χ1n) is 6.74. The molecule has 2 aromatic heterocycles. The molecule has 21 heavy (non-hydrogen) atoms. The zero-order chi connectivity index (χ0) is 14.8. The van der Waals surface area contributed by atoms with Crippen LogP contribution in [0.25, 0.3) is 16.9 Å². The van der Waals surface area contributed by atoms with Crippen LogP contribution >= 0.6 is 11.6 Å². The van der Waals surface area contributed by atoms with Gasteiger partial charge in [-0.1, -0.05) is 23.7 Å². The van der Waals surface area contributed by atoms with Gasteiger partial charge in [0.15, 0.2) is 0 Å². The summed E-state index contributed by atoms with van der Waals surface area (Å²) >= 11 is 6.09. The number of hydrogen-bond acceptors (Lipinski definition) is 3. The second-order valence-electron chi connectivity index (χ2n) is 4.75. The van der Waals surface area contributed by atoms with Crippen molar-refractivity contribution < 1.29 is 4.74 Å². The van der Waals surface area contributed by atoms with Gasteiger partial charge < -0.3 is 14.9 Å². The van der Waals surface area contributed by atoms with E-state index in [2.05, 4.69) is 0 Å². The lowest BCUT2D eigenvalue weighted by Gasteiger charge is -2.06. The lowest BCUT2D eigenvalue weighted by Crippen LogP contribution is -2.06. The van der Waals surface area contributed by atoms with Gasteiger partial charge in [0, 0.05) is 18.2 Å². The van der Waals surface area contributed by atoms with Gasteiger partial charge in [-0.2, -0.15) is 0 Å². The van der Waals surface area contributed by atoms with E-state index in [1.807, 2.05) is 47.0 Å². The summed E-state index contributed by atoms with van der Waals surface area (Å²) in [6, 6.07) is 11.6. The predicted octanol–water partition coefficient (Wildman–Crippen LogP) is 3.16. The number of imidazole rings is 1. The third-order valence-electron chi connectivity index (χ3n) is 3.41. The molecule has 5 heteroatoms. The minimum atomic E-state index is 0.553. The predicted molar refractivity (Wildman–Crippen MR) is 84.9 cm³/mol. The molecule has 0 fully saturated rings. The Labute approximate surface area is 128 Å². The van der Waals surface area contributed by atoms with Crippen LogP contribution < -0.4 is 10.5 Å². The number of nitrogens with two attached hydrogens (primary N) is 1. The smallest absolute Gasteiger partial charge is 0.137 e. The van der Waals surface area contributed by atoms with Crippen LogP contribution in [-0.4, -0.2) is 23.0 Å².